The number of aliphatic hydroxyl groups excluding tert-OH is 1. The Kier molecular flexibility index (Phi) is 4.25. The molecule has 5 nitrogen and oxygen atoms in total. The van der Waals surface area contributed by atoms with E-state index in [2.05, 4.69) is 0 Å². The molecule has 20 heavy (non-hydrogen) atoms. The Bertz CT molecular complexity index is 508. The van der Waals surface area contributed by atoms with Crippen molar-refractivity contribution in [2.45, 2.75) is 18.4 Å². The Balaban J connectivity index is 2.26. The largest absolute Gasteiger partial charge is 0.493 e. The number of para-hydroxylation sites is 1. The second-order valence-corrected chi connectivity index (χ2v) is 5.03. The van der Waals surface area contributed by atoms with E-state index < -0.39 is 23.9 Å². The molecule has 1 aliphatic heterocycles. The van der Waals surface area contributed by atoms with Crippen molar-refractivity contribution in [3.8, 4) is 5.75 Å². The molecule has 6 heteroatoms. The molecule has 110 valence electrons. The van der Waals surface area contributed by atoms with Crippen molar-refractivity contribution in [2.75, 3.05) is 26.8 Å². The zero-order valence-electron chi connectivity index (χ0n) is 11.3. The molecule has 1 heterocycles. The fourth-order valence-electron chi connectivity index (χ4n) is 2.47. The molecule has 2 rings (SSSR count). The van der Waals surface area contributed by atoms with Gasteiger partial charge >= 0.3 is 0 Å². The highest BCUT2D eigenvalue weighted by Gasteiger charge is 2.35. The molecular formula is C14H18FNO4. The molecule has 1 saturated heterocycles. The van der Waals surface area contributed by atoms with Crippen molar-refractivity contribution in [1.82, 2.24) is 4.90 Å². The minimum atomic E-state index is -1.28. The van der Waals surface area contributed by atoms with E-state index in [1.807, 2.05) is 0 Å². The Hall–Kier alpha value is -1.66. The summed E-state index contributed by atoms with van der Waals surface area (Å²) in [4.78, 5) is 13.8. The van der Waals surface area contributed by atoms with Gasteiger partial charge in [0, 0.05) is 6.54 Å². The number of carbonyl (C=O) groups is 1. The summed E-state index contributed by atoms with van der Waals surface area (Å²) in [6.07, 6.45) is 1.02. The van der Waals surface area contributed by atoms with Crippen molar-refractivity contribution >= 4 is 5.91 Å². The molecule has 1 aromatic carbocycles. The topological polar surface area (TPSA) is 70.0 Å². The van der Waals surface area contributed by atoms with Gasteiger partial charge in [0.15, 0.2) is 11.6 Å². The SMILES string of the molecule is COc1c(F)cccc1C(=O)N1CCC[C@](O)(CO)C1. The van der Waals surface area contributed by atoms with E-state index in [1.54, 1.807) is 0 Å². The lowest BCUT2D eigenvalue weighted by Crippen LogP contribution is -2.52. The van der Waals surface area contributed by atoms with Crippen LogP contribution in [0.4, 0.5) is 4.39 Å². The molecule has 0 aliphatic carbocycles. The van der Waals surface area contributed by atoms with Gasteiger partial charge in [-0.1, -0.05) is 6.07 Å². The van der Waals surface area contributed by atoms with Crippen molar-refractivity contribution in [1.29, 1.82) is 0 Å². The molecule has 1 amide bonds. The van der Waals surface area contributed by atoms with Crippen LogP contribution in [0.2, 0.25) is 0 Å². The van der Waals surface area contributed by atoms with Gasteiger partial charge in [-0.25, -0.2) is 4.39 Å². The van der Waals surface area contributed by atoms with Gasteiger partial charge in [-0.2, -0.15) is 0 Å². The monoisotopic (exact) mass is 283 g/mol. The molecule has 1 aromatic rings. The minimum Gasteiger partial charge on any atom is -0.493 e. The maximum atomic E-state index is 13.6. The summed E-state index contributed by atoms with van der Waals surface area (Å²) in [6, 6.07) is 4.14. The summed E-state index contributed by atoms with van der Waals surface area (Å²) >= 11 is 0. The number of ether oxygens (including phenoxy) is 1. The van der Waals surface area contributed by atoms with Crippen LogP contribution in [0.3, 0.4) is 0 Å². The first-order valence-electron chi connectivity index (χ1n) is 6.46. The number of aliphatic hydroxyl groups is 2. The van der Waals surface area contributed by atoms with Crippen molar-refractivity contribution in [3.05, 3.63) is 29.6 Å². The highest BCUT2D eigenvalue weighted by molar-refractivity contribution is 5.97. The number of rotatable bonds is 3. The van der Waals surface area contributed by atoms with Gasteiger partial charge in [-0.05, 0) is 25.0 Å². The predicted octanol–water partition coefficient (Wildman–Crippen LogP) is 0.794. The lowest BCUT2D eigenvalue weighted by molar-refractivity contribution is -0.0598. The van der Waals surface area contributed by atoms with E-state index in [0.29, 0.717) is 19.4 Å². The number of benzene rings is 1. The Morgan fingerprint density at radius 2 is 2.30 bits per heavy atom. The van der Waals surface area contributed by atoms with Crippen LogP contribution in [0.25, 0.3) is 0 Å². The quantitative estimate of drug-likeness (QED) is 0.860. The Labute approximate surface area is 116 Å². The summed E-state index contributed by atoms with van der Waals surface area (Å²) in [5.41, 5.74) is -1.16. The highest BCUT2D eigenvalue weighted by Crippen LogP contribution is 2.27. The van der Waals surface area contributed by atoms with Crippen LogP contribution in [-0.4, -0.2) is 53.4 Å². The van der Waals surface area contributed by atoms with Crippen LogP contribution in [0.1, 0.15) is 23.2 Å². The third-order valence-electron chi connectivity index (χ3n) is 3.54. The van der Waals surface area contributed by atoms with Crippen LogP contribution in [0.15, 0.2) is 18.2 Å². The van der Waals surface area contributed by atoms with E-state index in [0.717, 1.165) is 0 Å². The molecule has 2 N–H and O–H groups in total. The van der Waals surface area contributed by atoms with Gasteiger partial charge in [0.25, 0.3) is 5.91 Å². The first kappa shape index (κ1) is 14.7. The zero-order chi connectivity index (χ0) is 14.8. The number of halogens is 1. The number of nitrogens with zero attached hydrogens (tertiary/aromatic N) is 1. The van der Waals surface area contributed by atoms with Crippen LogP contribution >= 0.6 is 0 Å². The fourth-order valence-corrected chi connectivity index (χ4v) is 2.47. The van der Waals surface area contributed by atoms with E-state index >= 15 is 0 Å². The fraction of sp³-hybridized carbons (Fsp3) is 0.500. The van der Waals surface area contributed by atoms with Crippen LogP contribution in [0.5, 0.6) is 5.75 Å². The first-order valence-corrected chi connectivity index (χ1v) is 6.46. The van der Waals surface area contributed by atoms with Crippen LogP contribution in [-0.2, 0) is 0 Å². The molecule has 1 atom stereocenters. The Morgan fingerprint density at radius 1 is 1.55 bits per heavy atom. The lowest BCUT2D eigenvalue weighted by atomic mass is 9.93. The van der Waals surface area contributed by atoms with Gasteiger partial charge in [-0.3, -0.25) is 4.79 Å². The lowest BCUT2D eigenvalue weighted by Gasteiger charge is -2.38. The van der Waals surface area contributed by atoms with Gasteiger partial charge in [0.05, 0.1) is 25.8 Å². The second-order valence-electron chi connectivity index (χ2n) is 5.03. The number of piperidine rings is 1. The van der Waals surface area contributed by atoms with E-state index in [1.165, 1.54) is 30.2 Å². The zero-order valence-corrected chi connectivity index (χ0v) is 11.3. The molecule has 0 aromatic heterocycles. The predicted molar refractivity (Wildman–Crippen MR) is 70.1 cm³/mol. The molecule has 1 aliphatic rings. The first-order chi connectivity index (χ1) is 9.50. The second kappa shape index (κ2) is 5.76. The number of amides is 1. The average molecular weight is 283 g/mol. The number of carbonyl (C=O) groups excluding carboxylic acids is 1. The number of methoxy groups -OCH3 is 1. The maximum Gasteiger partial charge on any atom is 0.257 e. The third kappa shape index (κ3) is 2.76. The number of likely N-dealkylation sites (tertiary alicyclic amines) is 1. The van der Waals surface area contributed by atoms with Crippen molar-refractivity contribution in [3.63, 3.8) is 0 Å². The highest BCUT2D eigenvalue weighted by atomic mass is 19.1. The molecular weight excluding hydrogens is 265 g/mol. The number of hydrogen-bond acceptors (Lipinski definition) is 4. The summed E-state index contributed by atoms with van der Waals surface area (Å²) < 4.78 is 18.5. The smallest absolute Gasteiger partial charge is 0.257 e. The summed E-state index contributed by atoms with van der Waals surface area (Å²) in [7, 11) is 1.30. The summed E-state index contributed by atoms with van der Waals surface area (Å²) in [5, 5.41) is 19.3. The number of β-amino-alcohol motifs (C(OH)–C–C–N with tert-alkyl or cyclic N) is 1. The molecule has 0 bridgehead atoms. The summed E-state index contributed by atoms with van der Waals surface area (Å²) in [5.74, 6) is -1.11. The van der Waals surface area contributed by atoms with Gasteiger partial charge in [0.2, 0.25) is 0 Å². The van der Waals surface area contributed by atoms with Crippen molar-refractivity contribution in [2.24, 2.45) is 0 Å². The van der Waals surface area contributed by atoms with Crippen LogP contribution < -0.4 is 4.74 Å². The van der Waals surface area contributed by atoms with Crippen LogP contribution in [0, 0.1) is 5.82 Å². The maximum absolute atomic E-state index is 13.6. The molecule has 1 fully saturated rings. The third-order valence-corrected chi connectivity index (χ3v) is 3.54. The van der Waals surface area contributed by atoms with E-state index in [-0.39, 0.29) is 17.9 Å². The molecule has 0 radical (unpaired) electrons. The Morgan fingerprint density at radius 3 is 2.95 bits per heavy atom. The average Bonchev–Trinajstić information content (AvgIpc) is 2.46. The summed E-state index contributed by atoms with van der Waals surface area (Å²) in [6.45, 7) is 0.0832. The van der Waals surface area contributed by atoms with Gasteiger partial charge in [0.1, 0.15) is 5.60 Å². The normalized spacial score (nSPS) is 22.7. The van der Waals surface area contributed by atoms with Crippen molar-refractivity contribution < 1.29 is 24.1 Å². The molecule has 0 unspecified atom stereocenters. The molecule has 0 spiro atoms. The van der Waals surface area contributed by atoms with Gasteiger partial charge in [-0.15, -0.1) is 0 Å². The number of hydrogen-bond donors (Lipinski definition) is 2. The van der Waals surface area contributed by atoms with E-state index in [4.69, 9.17) is 4.74 Å². The standard InChI is InChI=1S/C14H18FNO4/c1-20-12-10(4-2-5-11(12)15)13(18)16-7-3-6-14(19,8-16)9-17/h2,4-5,17,19H,3,6-9H2,1H3/t14-/m1/s1. The molecule has 0 saturated carbocycles. The van der Waals surface area contributed by atoms with Gasteiger partial charge < -0.3 is 19.8 Å². The minimum absolute atomic E-state index is 0.0298. The van der Waals surface area contributed by atoms with E-state index in [9.17, 15) is 19.4 Å².